The lowest BCUT2D eigenvalue weighted by atomic mass is 10.0. The van der Waals surface area contributed by atoms with E-state index in [1.165, 1.54) is 103 Å². The van der Waals surface area contributed by atoms with Crippen LogP contribution in [0.4, 0.5) is 0 Å². The Morgan fingerprint density at radius 2 is 0.887 bits per heavy atom. The third kappa shape index (κ3) is 45.7. The van der Waals surface area contributed by atoms with Gasteiger partial charge in [0.15, 0.2) is 6.10 Å². The highest BCUT2D eigenvalue weighted by Crippen LogP contribution is 2.43. The highest BCUT2D eigenvalue weighted by molar-refractivity contribution is 7.47. The van der Waals surface area contributed by atoms with Crippen molar-refractivity contribution in [2.45, 2.75) is 225 Å². The molecule has 0 radical (unpaired) electrons. The molecule has 0 aliphatic carbocycles. The summed E-state index contributed by atoms with van der Waals surface area (Å²) in [6.07, 6.45) is 53.3. The van der Waals surface area contributed by atoms with Gasteiger partial charge >= 0.3 is 19.8 Å². The molecule has 62 heavy (non-hydrogen) atoms. The Morgan fingerprint density at radius 1 is 0.500 bits per heavy atom. The van der Waals surface area contributed by atoms with Crippen LogP contribution in [0.2, 0.25) is 0 Å². The number of unbranched alkanes of at least 4 members (excludes halogenated alkanes) is 22. The van der Waals surface area contributed by atoms with Crippen molar-refractivity contribution in [1.82, 2.24) is 0 Å². The van der Waals surface area contributed by atoms with Gasteiger partial charge in [0.25, 0.3) is 0 Å². The molecule has 0 spiro atoms. The summed E-state index contributed by atoms with van der Waals surface area (Å²) >= 11 is 0. The quantitative estimate of drug-likeness (QED) is 0.0233. The third-order valence-corrected chi connectivity index (χ3v) is 11.4. The standard InChI is InChI=1S/C51H91O10P/c1-3-5-7-9-11-13-15-17-19-21-23-25-26-28-30-32-34-36-38-40-42-50(54)58-46-49(47-60-62(56,57)59-45-48(53)44-52)61-51(55)43-41-39-37-35-33-31-29-27-24-22-20-18-16-14-12-10-8-6-4-2/h6,8,12,14,18,20,24,27,31,33,48-49,52-53H,3-5,7,9-11,13,15-17,19,21-23,25-26,28-30,32,34-47H2,1-2H3,(H,56,57)/b8-6-,14-12-,20-18-,27-24-,33-31-. The first-order valence-corrected chi connectivity index (χ1v) is 26.2. The van der Waals surface area contributed by atoms with Crippen LogP contribution in [0, 0.1) is 0 Å². The minimum absolute atomic E-state index is 0.144. The summed E-state index contributed by atoms with van der Waals surface area (Å²) < 4.78 is 32.8. The molecule has 0 fully saturated rings. The van der Waals surface area contributed by atoms with Crippen molar-refractivity contribution >= 4 is 19.8 Å². The SMILES string of the molecule is CC/C=C\C/C=C\C/C=C\C/C=C\C/C=C\CCCCCC(=O)OC(COC(=O)CCCCCCCCCCCCCCCCCCCCCC)COP(=O)(O)OCC(O)CO. The normalized spacial score (nSPS) is 14.2. The number of carbonyl (C=O) groups is 2. The summed E-state index contributed by atoms with van der Waals surface area (Å²) in [5, 5.41) is 18.4. The molecule has 0 aliphatic rings. The smallest absolute Gasteiger partial charge is 0.462 e. The zero-order valence-electron chi connectivity index (χ0n) is 39.3. The number of allylic oxidation sites excluding steroid dienone is 10. The van der Waals surface area contributed by atoms with E-state index in [2.05, 4.69) is 74.6 Å². The molecule has 10 nitrogen and oxygen atoms in total. The van der Waals surface area contributed by atoms with Gasteiger partial charge in [0.05, 0.1) is 19.8 Å². The van der Waals surface area contributed by atoms with Gasteiger partial charge in [-0.25, -0.2) is 4.57 Å². The molecule has 0 saturated carbocycles. The lowest BCUT2D eigenvalue weighted by Gasteiger charge is -2.20. The first-order valence-electron chi connectivity index (χ1n) is 24.7. The molecule has 3 N–H and O–H groups in total. The topological polar surface area (TPSA) is 149 Å². The molecule has 0 rings (SSSR count). The Hall–Kier alpha value is -2.33. The molecule has 0 saturated heterocycles. The average Bonchev–Trinajstić information content (AvgIpc) is 3.26. The van der Waals surface area contributed by atoms with Crippen LogP contribution in [-0.2, 0) is 32.7 Å². The number of esters is 2. The predicted octanol–water partition coefficient (Wildman–Crippen LogP) is 13.8. The predicted molar refractivity (Wildman–Crippen MR) is 256 cm³/mol. The Balaban J connectivity index is 4.25. The second-order valence-electron chi connectivity index (χ2n) is 16.5. The first kappa shape index (κ1) is 59.7. The molecule has 0 amide bonds. The Morgan fingerprint density at radius 3 is 1.34 bits per heavy atom. The minimum atomic E-state index is -4.63. The van der Waals surface area contributed by atoms with Crippen LogP contribution in [0.1, 0.15) is 213 Å². The maximum Gasteiger partial charge on any atom is 0.472 e. The molecule has 0 bridgehead atoms. The molecule has 0 heterocycles. The highest BCUT2D eigenvalue weighted by Gasteiger charge is 2.27. The molecule has 3 unspecified atom stereocenters. The van der Waals surface area contributed by atoms with Gasteiger partial charge in [0.2, 0.25) is 0 Å². The number of rotatable bonds is 46. The number of ether oxygens (including phenoxy) is 2. The van der Waals surface area contributed by atoms with Gasteiger partial charge in [-0.15, -0.1) is 0 Å². The fourth-order valence-corrected chi connectivity index (χ4v) is 7.46. The lowest BCUT2D eigenvalue weighted by molar-refractivity contribution is -0.161. The molecule has 11 heteroatoms. The number of aliphatic hydroxyl groups is 2. The van der Waals surface area contributed by atoms with Crippen LogP contribution >= 0.6 is 7.82 Å². The van der Waals surface area contributed by atoms with Gasteiger partial charge in [-0.05, 0) is 57.8 Å². The van der Waals surface area contributed by atoms with Crippen LogP contribution in [0.15, 0.2) is 60.8 Å². The average molecular weight is 895 g/mol. The van der Waals surface area contributed by atoms with Gasteiger partial charge in [0, 0.05) is 12.8 Å². The summed E-state index contributed by atoms with van der Waals surface area (Å²) in [6.45, 7) is 2.25. The summed E-state index contributed by atoms with van der Waals surface area (Å²) in [7, 11) is -4.63. The van der Waals surface area contributed by atoms with E-state index in [4.69, 9.17) is 23.6 Å². The lowest BCUT2D eigenvalue weighted by Crippen LogP contribution is -2.29. The van der Waals surface area contributed by atoms with Gasteiger partial charge in [-0.2, -0.15) is 0 Å². The van der Waals surface area contributed by atoms with Crippen molar-refractivity contribution in [3.05, 3.63) is 60.8 Å². The molecule has 360 valence electrons. The van der Waals surface area contributed by atoms with Crippen molar-refractivity contribution in [2.75, 3.05) is 26.4 Å². The van der Waals surface area contributed by atoms with E-state index >= 15 is 0 Å². The fraction of sp³-hybridized carbons (Fsp3) is 0.765. The Kier molecular flexibility index (Phi) is 44.9. The second-order valence-corrected chi connectivity index (χ2v) is 17.9. The zero-order valence-corrected chi connectivity index (χ0v) is 40.2. The monoisotopic (exact) mass is 895 g/mol. The second kappa shape index (κ2) is 46.7. The van der Waals surface area contributed by atoms with Crippen molar-refractivity contribution < 1.29 is 47.8 Å². The Bertz CT molecular complexity index is 1210. The number of carbonyl (C=O) groups excluding carboxylic acids is 2. The maximum atomic E-state index is 12.7. The van der Waals surface area contributed by atoms with E-state index in [-0.39, 0.29) is 19.4 Å². The highest BCUT2D eigenvalue weighted by atomic mass is 31.2. The molecular weight excluding hydrogens is 804 g/mol. The first-order chi connectivity index (χ1) is 30.2. The number of aliphatic hydroxyl groups excluding tert-OH is 2. The van der Waals surface area contributed by atoms with Gasteiger partial charge in [-0.3, -0.25) is 18.6 Å². The molecule has 0 aliphatic heterocycles. The van der Waals surface area contributed by atoms with Gasteiger partial charge in [-0.1, -0.05) is 203 Å². The molecule has 3 atom stereocenters. The van der Waals surface area contributed by atoms with Gasteiger partial charge < -0.3 is 24.6 Å². The van der Waals surface area contributed by atoms with Crippen molar-refractivity contribution in [2.24, 2.45) is 0 Å². The van der Waals surface area contributed by atoms with Crippen molar-refractivity contribution in [1.29, 1.82) is 0 Å². The van der Waals surface area contributed by atoms with Crippen LogP contribution in [0.3, 0.4) is 0 Å². The maximum absolute atomic E-state index is 12.7. The summed E-state index contributed by atoms with van der Waals surface area (Å²) in [5.41, 5.74) is 0. The van der Waals surface area contributed by atoms with Crippen LogP contribution in [0.25, 0.3) is 0 Å². The van der Waals surface area contributed by atoms with Crippen LogP contribution in [0.5, 0.6) is 0 Å². The summed E-state index contributed by atoms with van der Waals surface area (Å²) in [4.78, 5) is 35.1. The van der Waals surface area contributed by atoms with E-state index in [0.717, 1.165) is 70.6 Å². The Labute approximate surface area is 378 Å². The minimum Gasteiger partial charge on any atom is -0.462 e. The summed E-state index contributed by atoms with van der Waals surface area (Å²) in [5.74, 6) is -0.957. The molecule has 0 aromatic heterocycles. The van der Waals surface area contributed by atoms with Crippen LogP contribution in [-0.4, -0.2) is 65.7 Å². The number of phosphoric ester groups is 1. The fourth-order valence-electron chi connectivity index (χ4n) is 6.67. The van der Waals surface area contributed by atoms with E-state index in [1.807, 2.05) is 0 Å². The van der Waals surface area contributed by atoms with Crippen LogP contribution < -0.4 is 0 Å². The summed E-state index contributed by atoms with van der Waals surface area (Å²) in [6, 6.07) is 0. The van der Waals surface area contributed by atoms with Crippen molar-refractivity contribution in [3.63, 3.8) is 0 Å². The van der Waals surface area contributed by atoms with E-state index in [1.54, 1.807) is 0 Å². The number of phosphoric acid groups is 1. The number of hydrogen-bond donors (Lipinski definition) is 3. The van der Waals surface area contributed by atoms with Crippen molar-refractivity contribution in [3.8, 4) is 0 Å². The van der Waals surface area contributed by atoms with Gasteiger partial charge in [0.1, 0.15) is 12.7 Å². The van der Waals surface area contributed by atoms with E-state index in [9.17, 15) is 24.2 Å². The molecule has 0 aromatic carbocycles. The largest absolute Gasteiger partial charge is 0.472 e. The third-order valence-electron chi connectivity index (χ3n) is 10.4. The molecule has 0 aromatic rings. The zero-order chi connectivity index (χ0) is 45.5. The van der Waals surface area contributed by atoms with E-state index < -0.39 is 51.8 Å². The number of hydrogen-bond acceptors (Lipinski definition) is 9. The van der Waals surface area contributed by atoms with E-state index in [0.29, 0.717) is 12.8 Å². The molecular formula is C51H91O10P.